The first-order valence-corrected chi connectivity index (χ1v) is 12.5. The molecule has 1 unspecified atom stereocenters. The van der Waals surface area contributed by atoms with Crippen LogP contribution in [0.5, 0.6) is 0 Å². The highest BCUT2D eigenvalue weighted by Gasteiger charge is 2.20. The van der Waals surface area contributed by atoms with Gasteiger partial charge in [-0.1, -0.05) is 19.1 Å². The molecule has 0 fully saturated rings. The highest BCUT2D eigenvalue weighted by atomic mass is 31.2. The van der Waals surface area contributed by atoms with E-state index in [1.807, 2.05) is 25.1 Å². The van der Waals surface area contributed by atoms with E-state index in [-0.39, 0.29) is 11.2 Å². The lowest BCUT2D eigenvalue weighted by Gasteiger charge is -2.12. The number of benzene rings is 2. The molecule has 10 heteroatoms. The van der Waals surface area contributed by atoms with Crippen LogP contribution < -0.4 is 5.30 Å². The summed E-state index contributed by atoms with van der Waals surface area (Å²) in [6, 6.07) is 10.5. The molecule has 3 heterocycles. The van der Waals surface area contributed by atoms with E-state index in [2.05, 4.69) is 30.2 Å². The van der Waals surface area contributed by atoms with E-state index >= 15 is 0 Å². The summed E-state index contributed by atoms with van der Waals surface area (Å²) in [6.07, 6.45) is 4.81. The predicted octanol–water partition coefficient (Wildman–Crippen LogP) is 3.67. The van der Waals surface area contributed by atoms with Crippen LogP contribution >= 0.6 is 7.14 Å². The maximum atomic E-state index is 14.6. The van der Waals surface area contributed by atoms with Gasteiger partial charge in [0.2, 0.25) is 0 Å². The van der Waals surface area contributed by atoms with Crippen molar-refractivity contribution < 1.29 is 8.96 Å². The van der Waals surface area contributed by atoms with Crippen LogP contribution in [0.15, 0.2) is 55.1 Å². The summed E-state index contributed by atoms with van der Waals surface area (Å²) in [6.45, 7) is 5.09. The molecular formula is C22H19FN7OP. The van der Waals surface area contributed by atoms with Crippen molar-refractivity contribution in [3.63, 3.8) is 0 Å². The summed E-state index contributed by atoms with van der Waals surface area (Å²) in [5, 5.41) is 14.2. The van der Waals surface area contributed by atoms with Gasteiger partial charge in [-0.05, 0) is 43.2 Å². The Morgan fingerprint density at radius 3 is 2.66 bits per heavy atom. The smallest absolute Gasteiger partial charge is 0.271 e. The van der Waals surface area contributed by atoms with E-state index < -0.39 is 13.0 Å². The van der Waals surface area contributed by atoms with Crippen molar-refractivity contribution in [1.82, 2.24) is 34.8 Å². The van der Waals surface area contributed by atoms with Gasteiger partial charge in [-0.15, -0.1) is 10.2 Å². The average Bonchev–Trinajstić information content (AvgIpc) is 3.20. The fraction of sp³-hybridized carbons (Fsp3) is 0.182. The number of rotatable bonds is 4. The normalized spacial score (nSPS) is 13.0. The van der Waals surface area contributed by atoms with Crippen LogP contribution in [-0.4, -0.2) is 48.1 Å². The zero-order chi connectivity index (χ0) is 22.5. The first-order valence-electron chi connectivity index (χ1n) is 9.95. The topological polar surface area (TPSA) is 98.8 Å². The van der Waals surface area contributed by atoms with Crippen molar-refractivity contribution in [2.24, 2.45) is 0 Å². The molecular weight excluding hydrogens is 428 g/mol. The molecule has 0 N–H and O–H groups in total. The summed E-state index contributed by atoms with van der Waals surface area (Å²) in [4.78, 5) is 12.7. The van der Waals surface area contributed by atoms with Crippen LogP contribution in [0.3, 0.4) is 0 Å². The molecule has 1 atom stereocenters. The van der Waals surface area contributed by atoms with Crippen LogP contribution in [-0.2, 0) is 4.57 Å². The van der Waals surface area contributed by atoms with Gasteiger partial charge in [-0.25, -0.2) is 19.3 Å². The van der Waals surface area contributed by atoms with E-state index in [0.717, 1.165) is 16.5 Å². The second-order valence-electron chi connectivity index (χ2n) is 7.99. The van der Waals surface area contributed by atoms with E-state index in [4.69, 9.17) is 0 Å². The largest absolute Gasteiger partial charge is 0.319 e. The SMILES string of the molecule is CC(c1ccc2ncncc2c1)c1nnc2ncc(-c3ccc(P(C)(C)=O)c(F)c3)nn12. The number of fused-ring (bicyclic) bond motifs is 2. The highest BCUT2D eigenvalue weighted by molar-refractivity contribution is 7.70. The van der Waals surface area contributed by atoms with Crippen LogP contribution in [0.25, 0.3) is 27.9 Å². The molecule has 0 aliphatic carbocycles. The molecule has 3 aromatic heterocycles. The molecule has 0 saturated carbocycles. The summed E-state index contributed by atoms with van der Waals surface area (Å²) >= 11 is 0. The molecule has 0 bridgehead atoms. The van der Waals surface area contributed by atoms with E-state index in [0.29, 0.717) is 22.9 Å². The fourth-order valence-corrected chi connectivity index (χ4v) is 4.65. The van der Waals surface area contributed by atoms with Crippen molar-refractivity contribution in [2.45, 2.75) is 12.8 Å². The Morgan fingerprint density at radius 1 is 1.03 bits per heavy atom. The average molecular weight is 447 g/mol. The molecule has 0 aliphatic heterocycles. The number of hydrogen-bond acceptors (Lipinski definition) is 7. The van der Waals surface area contributed by atoms with Crippen LogP contribution in [0.1, 0.15) is 24.2 Å². The molecule has 0 amide bonds. The quantitative estimate of drug-likeness (QED) is 0.388. The van der Waals surface area contributed by atoms with Gasteiger partial charge in [-0.2, -0.15) is 9.61 Å². The molecule has 160 valence electrons. The molecule has 8 nitrogen and oxygen atoms in total. The maximum absolute atomic E-state index is 14.6. The summed E-state index contributed by atoms with van der Waals surface area (Å²) in [5.74, 6) is 0.301. The lowest BCUT2D eigenvalue weighted by atomic mass is 9.99. The minimum atomic E-state index is -2.71. The van der Waals surface area contributed by atoms with Gasteiger partial charge in [0.05, 0.1) is 11.7 Å². The van der Waals surface area contributed by atoms with Gasteiger partial charge >= 0.3 is 0 Å². The molecule has 0 spiro atoms. The second kappa shape index (κ2) is 7.53. The van der Waals surface area contributed by atoms with Crippen molar-refractivity contribution in [1.29, 1.82) is 0 Å². The number of hydrogen-bond donors (Lipinski definition) is 0. The van der Waals surface area contributed by atoms with Gasteiger partial charge in [0.25, 0.3) is 5.78 Å². The Bertz CT molecular complexity index is 1530. The molecule has 0 aliphatic rings. The van der Waals surface area contributed by atoms with Gasteiger partial charge < -0.3 is 4.57 Å². The highest BCUT2D eigenvalue weighted by Crippen LogP contribution is 2.36. The van der Waals surface area contributed by atoms with Crippen molar-refractivity contribution in [2.75, 3.05) is 13.3 Å². The van der Waals surface area contributed by atoms with Crippen molar-refractivity contribution in [3.8, 4) is 11.3 Å². The third-order valence-electron chi connectivity index (χ3n) is 5.40. The Kier molecular flexibility index (Phi) is 4.78. The van der Waals surface area contributed by atoms with Crippen LogP contribution in [0, 0.1) is 5.82 Å². The zero-order valence-corrected chi connectivity index (χ0v) is 18.5. The maximum Gasteiger partial charge on any atom is 0.271 e. The standard InChI is InChI=1S/C22H19FN7OP/c1-13(14-4-6-18-16(8-14)10-24-12-26-18)21-27-28-22-25-11-19(29-30(21)22)15-5-7-20(17(23)9-15)32(2,3)31/h4-13H,1-3H3. The molecule has 5 rings (SSSR count). The van der Waals surface area contributed by atoms with Gasteiger partial charge in [0, 0.05) is 28.4 Å². The zero-order valence-electron chi connectivity index (χ0n) is 17.6. The number of aromatic nitrogens is 7. The lowest BCUT2D eigenvalue weighted by Crippen LogP contribution is -2.09. The van der Waals surface area contributed by atoms with E-state index in [9.17, 15) is 8.96 Å². The van der Waals surface area contributed by atoms with Gasteiger partial charge in [0.1, 0.15) is 25.0 Å². The third-order valence-corrected chi connectivity index (χ3v) is 6.92. The molecule has 5 aromatic rings. The molecule has 32 heavy (non-hydrogen) atoms. The Labute approximate surface area is 183 Å². The van der Waals surface area contributed by atoms with E-state index in [1.165, 1.54) is 18.6 Å². The molecule has 0 radical (unpaired) electrons. The van der Waals surface area contributed by atoms with E-state index in [1.54, 1.807) is 36.2 Å². The van der Waals surface area contributed by atoms with Crippen molar-refractivity contribution in [3.05, 3.63) is 72.3 Å². The summed E-state index contributed by atoms with van der Waals surface area (Å²) in [5.41, 5.74) is 2.86. The fourth-order valence-electron chi connectivity index (χ4n) is 3.64. The number of nitrogens with zero attached hydrogens (tertiary/aromatic N) is 7. The molecule has 2 aromatic carbocycles. The third kappa shape index (κ3) is 3.54. The summed E-state index contributed by atoms with van der Waals surface area (Å²) < 4.78 is 28.4. The van der Waals surface area contributed by atoms with Gasteiger partial charge in [0.15, 0.2) is 5.82 Å². The minimum Gasteiger partial charge on any atom is -0.319 e. The van der Waals surface area contributed by atoms with Gasteiger partial charge in [-0.3, -0.25) is 0 Å². The Hall–Kier alpha value is -3.58. The second-order valence-corrected chi connectivity index (χ2v) is 11.2. The molecule has 0 saturated heterocycles. The van der Waals surface area contributed by atoms with Crippen LogP contribution in [0.4, 0.5) is 4.39 Å². The Balaban J connectivity index is 1.56. The first kappa shape index (κ1) is 20.3. The van der Waals surface area contributed by atoms with Crippen LogP contribution in [0.2, 0.25) is 0 Å². The Morgan fingerprint density at radius 2 is 1.88 bits per heavy atom. The van der Waals surface area contributed by atoms with Crippen molar-refractivity contribution >= 4 is 29.1 Å². The number of halogens is 1. The summed E-state index contributed by atoms with van der Waals surface area (Å²) in [7, 11) is -2.71. The lowest BCUT2D eigenvalue weighted by molar-refractivity contribution is 0.584. The first-order chi connectivity index (χ1) is 15.3. The monoisotopic (exact) mass is 447 g/mol. The predicted molar refractivity (Wildman–Crippen MR) is 120 cm³/mol. The minimum absolute atomic E-state index is 0.135.